The molecule has 0 atom stereocenters. The number of thiophene rings is 1. The van der Waals surface area contributed by atoms with Gasteiger partial charge in [-0.15, -0.1) is 0 Å². The molecule has 7 heteroatoms. The lowest BCUT2D eigenvalue weighted by atomic mass is 9.81. The Balaban J connectivity index is 1.57. The average molecular weight is 483 g/mol. The lowest BCUT2D eigenvalue weighted by Crippen LogP contribution is -2.29. The molecule has 0 unspecified atom stereocenters. The van der Waals surface area contributed by atoms with E-state index in [9.17, 15) is 4.79 Å². The summed E-state index contributed by atoms with van der Waals surface area (Å²) in [7, 11) is 3.91. The Kier molecular flexibility index (Phi) is 8.10. The van der Waals surface area contributed by atoms with Crippen LogP contribution in [-0.2, 0) is 10.2 Å². The Morgan fingerprint density at radius 1 is 1.03 bits per heavy atom. The Labute approximate surface area is 205 Å². The quantitative estimate of drug-likeness (QED) is 0.352. The second-order valence-electron chi connectivity index (χ2n) is 8.38. The molecule has 0 aliphatic carbocycles. The van der Waals surface area contributed by atoms with E-state index in [4.69, 9.17) is 21.7 Å². The number of likely N-dealkylation sites (N-methyl/N-ethyl adjacent to an activating group) is 1. The zero-order valence-electron chi connectivity index (χ0n) is 19.7. The van der Waals surface area contributed by atoms with Crippen LogP contribution < -0.4 is 19.3 Å². The second-order valence-corrected chi connectivity index (χ2v) is 9.51. The molecular weight excluding hydrogens is 452 g/mol. The van der Waals surface area contributed by atoms with Crippen molar-refractivity contribution in [2.75, 3.05) is 37.0 Å². The number of hydrogen-bond donors (Lipinski definition) is 0. The minimum Gasteiger partial charge on any atom is -0.492 e. The van der Waals surface area contributed by atoms with Crippen LogP contribution in [0, 0.1) is 0 Å². The first-order valence-corrected chi connectivity index (χ1v) is 12.1. The summed E-state index contributed by atoms with van der Waals surface area (Å²) in [5.41, 5.74) is 2.47. The van der Waals surface area contributed by atoms with Gasteiger partial charge in [0, 0.05) is 42.3 Å². The number of ketones is 1. The molecule has 2 aromatic carbocycles. The molecule has 0 saturated heterocycles. The van der Waals surface area contributed by atoms with Crippen LogP contribution in [0.5, 0.6) is 11.5 Å². The van der Waals surface area contributed by atoms with Gasteiger partial charge in [0.25, 0.3) is 5.17 Å². The van der Waals surface area contributed by atoms with Gasteiger partial charge in [-0.1, -0.05) is 18.2 Å². The van der Waals surface area contributed by atoms with Crippen LogP contribution >= 0.6 is 23.6 Å². The van der Waals surface area contributed by atoms with Crippen molar-refractivity contribution in [3.05, 3.63) is 70.9 Å². The Hall–Kier alpha value is -2.90. The minimum atomic E-state index is -0.533. The third-order valence-electron chi connectivity index (χ3n) is 5.78. The summed E-state index contributed by atoms with van der Waals surface area (Å²) in [4.78, 5) is 15.8. The number of benzene rings is 2. The van der Waals surface area contributed by atoms with Crippen molar-refractivity contribution in [3.8, 4) is 11.5 Å². The van der Waals surface area contributed by atoms with E-state index in [0.29, 0.717) is 17.5 Å². The topological polar surface area (TPSA) is 42.0 Å². The molecule has 0 aliphatic heterocycles. The highest BCUT2D eigenvalue weighted by atomic mass is 32.1. The monoisotopic (exact) mass is 482 g/mol. The predicted octanol–water partition coefficient (Wildman–Crippen LogP) is 5.93. The van der Waals surface area contributed by atoms with Crippen molar-refractivity contribution >= 4 is 45.9 Å². The third kappa shape index (κ3) is 6.33. The van der Waals surface area contributed by atoms with E-state index in [1.807, 2.05) is 69.4 Å². The van der Waals surface area contributed by atoms with Crippen LogP contribution in [-0.4, -0.2) is 38.2 Å². The zero-order valence-corrected chi connectivity index (χ0v) is 21.3. The second kappa shape index (κ2) is 10.8. The average Bonchev–Trinajstić information content (AvgIpc) is 3.34. The fourth-order valence-electron chi connectivity index (χ4n) is 3.10. The fourth-order valence-corrected chi connectivity index (χ4v) is 4.00. The zero-order chi connectivity index (χ0) is 24.0. The number of carbonyl (C=O) groups is 1. The van der Waals surface area contributed by atoms with Gasteiger partial charge in [-0.25, -0.2) is 0 Å². The first kappa shape index (κ1) is 24.7. The smallest absolute Gasteiger partial charge is 0.269 e. The van der Waals surface area contributed by atoms with Gasteiger partial charge in [0.15, 0.2) is 0 Å². The summed E-state index contributed by atoms with van der Waals surface area (Å²) in [5, 5.41) is 4.51. The van der Waals surface area contributed by atoms with Gasteiger partial charge < -0.3 is 19.3 Å². The van der Waals surface area contributed by atoms with Gasteiger partial charge in [0.1, 0.15) is 23.9 Å². The van der Waals surface area contributed by atoms with Gasteiger partial charge in [0.2, 0.25) is 0 Å². The van der Waals surface area contributed by atoms with E-state index >= 15 is 0 Å². The first-order valence-electron chi connectivity index (χ1n) is 10.7. The summed E-state index contributed by atoms with van der Waals surface area (Å²) >= 11 is 7.19. The van der Waals surface area contributed by atoms with Crippen molar-refractivity contribution in [3.63, 3.8) is 0 Å². The molecule has 0 aliphatic rings. The molecule has 0 bridgehead atoms. The van der Waals surface area contributed by atoms with E-state index in [0.717, 1.165) is 23.5 Å². The molecule has 1 heterocycles. The molecule has 5 nitrogen and oxygen atoms in total. The Morgan fingerprint density at radius 2 is 1.76 bits per heavy atom. The first-order chi connectivity index (χ1) is 15.7. The number of ether oxygens (including phenoxy) is 2. The van der Waals surface area contributed by atoms with Gasteiger partial charge in [-0.2, -0.15) is 11.3 Å². The van der Waals surface area contributed by atoms with Crippen molar-refractivity contribution < 1.29 is 14.3 Å². The van der Waals surface area contributed by atoms with Crippen molar-refractivity contribution in [1.82, 2.24) is 0 Å². The lowest BCUT2D eigenvalue weighted by Gasteiger charge is -2.23. The molecule has 3 rings (SSSR count). The molecule has 0 fully saturated rings. The van der Waals surface area contributed by atoms with E-state index in [2.05, 4.69) is 28.8 Å². The summed E-state index contributed by atoms with van der Waals surface area (Å²) in [5.74, 6) is 1.52. The maximum atomic E-state index is 11.9. The SMILES string of the molecule is CC(=O)C(C)(C)c1ccc(OC(=S)N(C)c2cccc(OCCN(C)c3ccsc3)c2)cc1. The molecule has 33 heavy (non-hydrogen) atoms. The third-order valence-corrected chi connectivity index (χ3v) is 6.81. The Bertz CT molecular complexity index is 1080. The molecule has 0 amide bonds. The van der Waals surface area contributed by atoms with E-state index in [1.54, 1.807) is 23.2 Å². The van der Waals surface area contributed by atoms with Crippen LogP contribution in [0.25, 0.3) is 0 Å². The summed E-state index contributed by atoms with van der Waals surface area (Å²) in [6.07, 6.45) is 0. The van der Waals surface area contributed by atoms with E-state index in [-0.39, 0.29) is 5.78 Å². The number of carbonyl (C=O) groups excluding carboxylic acids is 1. The van der Waals surface area contributed by atoms with Crippen LogP contribution in [0.3, 0.4) is 0 Å². The highest BCUT2D eigenvalue weighted by Crippen LogP contribution is 2.27. The van der Waals surface area contributed by atoms with Gasteiger partial charge in [-0.3, -0.25) is 4.79 Å². The number of anilines is 2. The standard InChI is InChI=1S/C26H30N2O3S2/c1-19(29)26(2,3)20-9-11-23(12-10-20)31-25(32)28(5)21-7-6-8-24(17-21)30-15-14-27(4)22-13-16-33-18-22/h6-13,16-18H,14-15H2,1-5H3. The van der Waals surface area contributed by atoms with E-state index in [1.165, 1.54) is 5.69 Å². The normalized spacial score (nSPS) is 11.1. The minimum absolute atomic E-state index is 0.117. The summed E-state index contributed by atoms with van der Waals surface area (Å²) < 4.78 is 11.8. The molecule has 0 radical (unpaired) electrons. The van der Waals surface area contributed by atoms with Crippen molar-refractivity contribution in [2.45, 2.75) is 26.2 Å². The summed E-state index contributed by atoms with van der Waals surface area (Å²) in [6.45, 7) is 6.80. The van der Waals surface area contributed by atoms with Gasteiger partial charge in [0.05, 0.1) is 6.54 Å². The highest BCUT2D eigenvalue weighted by molar-refractivity contribution is 7.80. The fraction of sp³-hybridized carbons (Fsp3) is 0.308. The predicted molar refractivity (Wildman–Crippen MR) is 141 cm³/mol. The molecular formula is C26H30N2O3S2. The van der Waals surface area contributed by atoms with Gasteiger partial charge >= 0.3 is 0 Å². The molecule has 0 spiro atoms. The van der Waals surface area contributed by atoms with Crippen LogP contribution in [0.15, 0.2) is 65.4 Å². The number of hydrogen-bond acceptors (Lipinski definition) is 6. The number of Topliss-reactive ketones (excluding diaryl/α,β-unsaturated/α-hetero) is 1. The summed E-state index contributed by atoms with van der Waals surface area (Å²) in [6, 6.07) is 17.3. The van der Waals surface area contributed by atoms with Crippen molar-refractivity contribution in [1.29, 1.82) is 0 Å². The number of nitrogens with zero attached hydrogens (tertiary/aromatic N) is 2. The number of rotatable bonds is 9. The lowest BCUT2D eigenvalue weighted by molar-refractivity contribution is -0.121. The Morgan fingerprint density at radius 3 is 2.39 bits per heavy atom. The maximum absolute atomic E-state index is 11.9. The van der Waals surface area contributed by atoms with E-state index < -0.39 is 5.41 Å². The largest absolute Gasteiger partial charge is 0.492 e. The molecule has 1 aromatic heterocycles. The molecule has 174 valence electrons. The van der Waals surface area contributed by atoms with Gasteiger partial charge in [-0.05, 0) is 74.3 Å². The highest BCUT2D eigenvalue weighted by Gasteiger charge is 2.25. The number of thiocarbonyl (C=S) groups is 1. The van der Waals surface area contributed by atoms with Crippen LogP contribution in [0.4, 0.5) is 11.4 Å². The van der Waals surface area contributed by atoms with Crippen LogP contribution in [0.2, 0.25) is 0 Å². The maximum Gasteiger partial charge on any atom is 0.269 e. The van der Waals surface area contributed by atoms with Crippen LogP contribution in [0.1, 0.15) is 26.3 Å². The molecule has 3 aromatic rings. The van der Waals surface area contributed by atoms with Crippen molar-refractivity contribution in [2.24, 2.45) is 0 Å². The molecule has 0 N–H and O–H groups in total. The molecule has 0 saturated carbocycles.